The minimum absolute atomic E-state index is 0.00743. The number of hydrogen-bond donors (Lipinski definition) is 0. The van der Waals surface area contributed by atoms with Gasteiger partial charge in [0.05, 0.1) is 9.24 Å². The van der Waals surface area contributed by atoms with Gasteiger partial charge in [0.1, 0.15) is 9.23 Å². The van der Waals surface area contributed by atoms with Crippen molar-refractivity contribution in [2.24, 2.45) is 0 Å². The molecule has 0 N–H and O–H groups in total. The average Bonchev–Trinajstić information content (AvgIpc) is 2.69. The van der Waals surface area contributed by atoms with Gasteiger partial charge >= 0.3 is 0 Å². The van der Waals surface area contributed by atoms with Crippen LogP contribution in [-0.4, -0.2) is 8.42 Å². The lowest BCUT2D eigenvalue weighted by molar-refractivity contribution is 0.606. The maximum atomic E-state index is 12.3. The molecule has 18 heavy (non-hydrogen) atoms. The van der Waals surface area contributed by atoms with E-state index in [2.05, 4.69) is 6.58 Å². The molecule has 0 bridgehead atoms. The molecule has 0 radical (unpaired) electrons. The largest absolute Gasteiger partial charge is 0.218 e. The summed E-state index contributed by atoms with van der Waals surface area (Å²) in [6.45, 7) is 3.64. The standard InChI is InChI=1S/C12H8Cl2O2S2/c1-8(9-5-3-2-4-6-9)18(15,16)10-7-11(13)17-12(10)14/h2-7H,1H2. The summed E-state index contributed by atoms with van der Waals surface area (Å²) in [7, 11) is -3.70. The quantitative estimate of drug-likeness (QED) is 0.835. The molecule has 0 fully saturated rings. The summed E-state index contributed by atoms with van der Waals surface area (Å²) >= 11 is 12.7. The lowest BCUT2D eigenvalue weighted by Crippen LogP contribution is -2.02. The van der Waals surface area contributed by atoms with Crippen LogP contribution in [0.1, 0.15) is 5.56 Å². The van der Waals surface area contributed by atoms with Crippen molar-refractivity contribution in [3.63, 3.8) is 0 Å². The van der Waals surface area contributed by atoms with Gasteiger partial charge in [0.15, 0.2) is 0 Å². The molecule has 2 aromatic rings. The summed E-state index contributed by atoms with van der Waals surface area (Å²) in [5, 5.41) is 0. The van der Waals surface area contributed by atoms with Crippen molar-refractivity contribution in [1.29, 1.82) is 0 Å². The molecule has 0 aliphatic rings. The van der Waals surface area contributed by atoms with Gasteiger partial charge in [-0.05, 0) is 11.6 Å². The van der Waals surface area contributed by atoms with Crippen LogP contribution in [-0.2, 0) is 9.84 Å². The Kier molecular flexibility index (Phi) is 3.82. The van der Waals surface area contributed by atoms with Gasteiger partial charge in [-0.15, -0.1) is 11.3 Å². The zero-order valence-electron chi connectivity index (χ0n) is 9.06. The molecule has 0 unspecified atom stereocenters. The Balaban J connectivity index is 2.51. The fraction of sp³-hybridized carbons (Fsp3) is 0. The SMILES string of the molecule is C=C(c1ccccc1)S(=O)(=O)c1cc(Cl)sc1Cl. The summed E-state index contributed by atoms with van der Waals surface area (Å²) in [5.74, 6) is 0. The highest BCUT2D eigenvalue weighted by Crippen LogP contribution is 2.38. The number of benzene rings is 1. The number of rotatable bonds is 3. The minimum atomic E-state index is -3.70. The Morgan fingerprint density at radius 1 is 1.17 bits per heavy atom. The van der Waals surface area contributed by atoms with Gasteiger partial charge in [-0.2, -0.15) is 0 Å². The van der Waals surface area contributed by atoms with Crippen LogP contribution < -0.4 is 0 Å². The molecule has 1 aromatic heterocycles. The third-order valence-electron chi connectivity index (χ3n) is 2.34. The smallest absolute Gasteiger partial charge is 0.208 e. The third kappa shape index (κ3) is 2.47. The van der Waals surface area contributed by atoms with Crippen molar-refractivity contribution < 1.29 is 8.42 Å². The van der Waals surface area contributed by atoms with E-state index in [1.54, 1.807) is 30.3 Å². The van der Waals surface area contributed by atoms with E-state index >= 15 is 0 Å². The van der Waals surface area contributed by atoms with E-state index in [1.807, 2.05) is 0 Å². The van der Waals surface area contributed by atoms with Crippen LogP contribution in [0.4, 0.5) is 0 Å². The van der Waals surface area contributed by atoms with Gasteiger partial charge in [-0.3, -0.25) is 0 Å². The van der Waals surface area contributed by atoms with Gasteiger partial charge in [0, 0.05) is 0 Å². The van der Waals surface area contributed by atoms with Crippen molar-refractivity contribution in [2.45, 2.75) is 4.90 Å². The van der Waals surface area contributed by atoms with Crippen molar-refractivity contribution in [3.05, 3.63) is 57.2 Å². The van der Waals surface area contributed by atoms with Crippen LogP contribution in [0.25, 0.3) is 4.91 Å². The maximum absolute atomic E-state index is 12.3. The molecule has 0 atom stereocenters. The number of halogens is 2. The van der Waals surface area contributed by atoms with E-state index in [0.29, 0.717) is 9.90 Å². The molecule has 0 aliphatic heterocycles. The summed E-state index contributed by atoms with van der Waals surface area (Å²) in [4.78, 5) is 0.0208. The topological polar surface area (TPSA) is 34.1 Å². The molecule has 0 spiro atoms. The molecule has 1 aromatic carbocycles. The van der Waals surface area contributed by atoms with E-state index in [0.717, 1.165) is 11.3 Å². The van der Waals surface area contributed by atoms with Gasteiger partial charge in [-0.1, -0.05) is 60.1 Å². The molecule has 0 amide bonds. The Morgan fingerprint density at radius 3 is 2.28 bits per heavy atom. The van der Waals surface area contributed by atoms with Gasteiger partial charge in [0.25, 0.3) is 0 Å². The normalized spacial score (nSPS) is 11.4. The molecule has 2 nitrogen and oxygen atoms in total. The van der Waals surface area contributed by atoms with Crippen LogP contribution in [0, 0.1) is 0 Å². The predicted molar refractivity (Wildman–Crippen MR) is 77.0 cm³/mol. The molecular weight excluding hydrogens is 311 g/mol. The van der Waals surface area contributed by atoms with Crippen molar-refractivity contribution in [2.75, 3.05) is 0 Å². The highest BCUT2D eigenvalue weighted by atomic mass is 35.5. The van der Waals surface area contributed by atoms with Crippen molar-refractivity contribution >= 4 is 49.3 Å². The maximum Gasteiger partial charge on any atom is 0.208 e. The number of hydrogen-bond acceptors (Lipinski definition) is 3. The van der Waals surface area contributed by atoms with E-state index < -0.39 is 9.84 Å². The zero-order valence-corrected chi connectivity index (χ0v) is 12.2. The Hall–Kier alpha value is -0.810. The molecule has 1 heterocycles. The van der Waals surface area contributed by atoms with E-state index in [-0.39, 0.29) is 14.1 Å². The monoisotopic (exact) mass is 318 g/mol. The van der Waals surface area contributed by atoms with Crippen molar-refractivity contribution in [3.8, 4) is 0 Å². The second-order valence-electron chi connectivity index (χ2n) is 3.48. The molecule has 6 heteroatoms. The lowest BCUT2D eigenvalue weighted by atomic mass is 10.2. The van der Waals surface area contributed by atoms with E-state index in [9.17, 15) is 8.42 Å². The van der Waals surface area contributed by atoms with E-state index in [1.165, 1.54) is 6.07 Å². The third-order valence-corrected chi connectivity index (χ3v) is 5.85. The average molecular weight is 319 g/mol. The second kappa shape index (κ2) is 5.05. The Labute approximate surface area is 119 Å². The highest BCUT2D eigenvalue weighted by Gasteiger charge is 2.25. The molecule has 0 saturated heterocycles. The Morgan fingerprint density at radius 2 is 1.78 bits per heavy atom. The molecule has 2 rings (SSSR count). The van der Waals surface area contributed by atoms with Crippen molar-refractivity contribution in [1.82, 2.24) is 0 Å². The van der Waals surface area contributed by atoms with Crippen LogP contribution in [0.2, 0.25) is 8.67 Å². The minimum Gasteiger partial charge on any atom is -0.218 e. The van der Waals surface area contributed by atoms with Crippen LogP contribution in [0.15, 0.2) is 47.9 Å². The molecule has 0 saturated carbocycles. The molecule has 94 valence electrons. The van der Waals surface area contributed by atoms with Crippen LogP contribution in [0.5, 0.6) is 0 Å². The summed E-state index contributed by atoms with van der Waals surface area (Å²) in [6, 6.07) is 10.0. The Bertz CT molecular complexity index is 688. The van der Waals surface area contributed by atoms with Gasteiger partial charge in [-0.25, -0.2) is 8.42 Å². The lowest BCUT2D eigenvalue weighted by Gasteiger charge is -2.06. The van der Waals surface area contributed by atoms with E-state index in [4.69, 9.17) is 23.2 Å². The predicted octanol–water partition coefficient (Wildman–Crippen LogP) is 4.50. The van der Waals surface area contributed by atoms with Crippen LogP contribution >= 0.6 is 34.5 Å². The number of sulfone groups is 1. The van der Waals surface area contributed by atoms with Crippen LogP contribution in [0.3, 0.4) is 0 Å². The molecular formula is C12H8Cl2O2S2. The first-order valence-electron chi connectivity index (χ1n) is 4.87. The summed E-state index contributed by atoms with van der Waals surface area (Å²) in [5.41, 5.74) is 0.538. The number of thiophene rings is 1. The summed E-state index contributed by atoms with van der Waals surface area (Å²) < 4.78 is 25.1. The zero-order chi connectivity index (χ0) is 13.3. The fourth-order valence-electron chi connectivity index (χ4n) is 1.42. The first-order valence-corrected chi connectivity index (χ1v) is 7.92. The summed E-state index contributed by atoms with van der Waals surface area (Å²) in [6.07, 6.45) is 0. The second-order valence-corrected chi connectivity index (χ2v) is 7.71. The first kappa shape index (κ1) is 13.6. The fourth-order valence-corrected chi connectivity index (χ4v) is 4.79. The molecule has 0 aliphatic carbocycles. The van der Waals surface area contributed by atoms with Gasteiger partial charge in [0.2, 0.25) is 9.84 Å². The first-order chi connectivity index (χ1) is 8.43. The van der Waals surface area contributed by atoms with Gasteiger partial charge < -0.3 is 0 Å². The highest BCUT2D eigenvalue weighted by molar-refractivity contribution is 8.00.